The van der Waals surface area contributed by atoms with Crippen molar-refractivity contribution in [1.82, 2.24) is 15.0 Å². The van der Waals surface area contributed by atoms with Gasteiger partial charge in [-0.1, -0.05) is 0 Å². The van der Waals surface area contributed by atoms with Gasteiger partial charge >= 0.3 is 6.01 Å². The predicted molar refractivity (Wildman–Crippen MR) is 62.9 cm³/mol. The Kier molecular flexibility index (Phi) is 3.28. The molecule has 3 N–H and O–H groups in total. The highest BCUT2D eigenvalue weighted by atomic mass is 16.5. The Labute approximate surface area is 99.8 Å². The summed E-state index contributed by atoms with van der Waals surface area (Å²) in [5.74, 6) is 0.557. The van der Waals surface area contributed by atoms with E-state index in [1.165, 1.54) is 7.11 Å². The van der Waals surface area contributed by atoms with Crippen LogP contribution in [0.2, 0.25) is 0 Å². The third-order valence-electron chi connectivity index (χ3n) is 2.67. The standard InChI is InChI=1S/C10H17N5O2/c1-10(4-3-5-17-6-10)15-8-12-7(11)13-9(14-8)16-2/h3-6H2,1-2H3,(H3,11,12,13,14,15). The van der Waals surface area contributed by atoms with Gasteiger partial charge in [0.05, 0.1) is 19.3 Å². The molecule has 7 heteroatoms. The molecule has 17 heavy (non-hydrogen) atoms. The third-order valence-corrected chi connectivity index (χ3v) is 2.67. The van der Waals surface area contributed by atoms with Crippen molar-refractivity contribution in [2.24, 2.45) is 0 Å². The van der Waals surface area contributed by atoms with Gasteiger partial charge in [-0.25, -0.2) is 0 Å². The number of nitrogens with one attached hydrogen (secondary N) is 1. The second-order valence-electron chi connectivity index (χ2n) is 4.35. The number of nitrogens with two attached hydrogens (primary N) is 1. The van der Waals surface area contributed by atoms with Gasteiger partial charge in [0.2, 0.25) is 11.9 Å². The van der Waals surface area contributed by atoms with Gasteiger partial charge in [0.15, 0.2) is 0 Å². The topological polar surface area (TPSA) is 95.2 Å². The molecule has 1 unspecified atom stereocenters. The van der Waals surface area contributed by atoms with Gasteiger partial charge in [-0.15, -0.1) is 0 Å². The first-order chi connectivity index (χ1) is 8.11. The van der Waals surface area contributed by atoms with E-state index in [2.05, 4.69) is 27.2 Å². The lowest BCUT2D eigenvalue weighted by atomic mass is 9.95. The lowest BCUT2D eigenvalue weighted by Gasteiger charge is -2.34. The first-order valence-corrected chi connectivity index (χ1v) is 5.53. The molecule has 94 valence electrons. The first-order valence-electron chi connectivity index (χ1n) is 5.53. The number of ether oxygens (including phenoxy) is 2. The largest absolute Gasteiger partial charge is 0.467 e. The molecule has 0 aromatic carbocycles. The number of nitrogen functional groups attached to an aromatic ring is 1. The summed E-state index contributed by atoms with van der Waals surface area (Å²) in [7, 11) is 1.49. The first kappa shape index (κ1) is 11.8. The van der Waals surface area contributed by atoms with Crippen LogP contribution >= 0.6 is 0 Å². The zero-order valence-electron chi connectivity index (χ0n) is 10.1. The Bertz CT molecular complexity index is 392. The zero-order chi connectivity index (χ0) is 12.3. The minimum absolute atomic E-state index is 0.139. The fourth-order valence-corrected chi connectivity index (χ4v) is 1.82. The van der Waals surface area contributed by atoms with Gasteiger partial charge in [-0.3, -0.25) is 0 Å². The van der Waals surface area contributed by atoms with E-state index in [9.17, 15) is 0 Å². The van der Waals surface area contributed by atoms with Crippen LogP contribution < -0.4 is 15.8 Å². The fourth-order valence-electron chi connectivity index (χ4n) is 1.82. The van der Waals surface area contributed by atoms with Crippen molar-refractivity contribution in [3.63, 3.8) is 0 Å². The van der Waals surface area contributed by atoms with Crippen molar-refractivity contribution in [2.75, 3.05) is 31.4 Å². The number of nitrogens with zero attached hydrogens (tertiary/aromatic N) is 3. The molecule has 2 heterocycles. The van der Waals surface area contributed by atoms with E-state index in [4.69, 9.17) is 15.2 Å². The van der Waals surface area contributed by atoms with Gasteiger partial charge in [0, 0.05) is 6.61 Å². The molecule has 1 aromatic rings. The highest BCUT2D eigenvalue weighted by molar-refractivity contribution is 5.35. The second kappa shape index (κ2) is 4.70. The van der Waals surface area contributed by atoms with Crippen LogP contribution in [0, 0.1) is 0 Å². The third kappa shape index (κ3) is 2.94. The molecule has 0 bridgehead atoms. The smallest absolute Gasteiger partial charge is 0.322 e. The molecular weight excluding hydrogens is 222 g/mol. The summed E-state index contributed by atoms with van der Waals surface area (Å²) >= 11 is 0. The van der Waals surface area contributed by atoms with Crippen LogP contribution in [0.1, 0.15) is 19.8 Å². The van der Waals surface area contributed by atoms with Crippen LogP contribution in [0.4, 0.5) is 11.9 Å². The van der Waals surface area contributed by atoms with Gasteiger partial charge < -0.3 is 20.5 Å². The predicted octanol–water partition coefficient (Wildman–Crippen LogP) is 0.443. The van der Waals surface area contributed by atoms with Crippen molar-refractivity contribution in [3.05, 3.63) is 0 Å². The highest BCUT2D eigenvalue weighted by Crippen LogP contribution is 2.23. The molecule has 2 rings (SSSR count). The summed E-state index contributed by atoms with van der Waals surface area (Å²) < 4.78 is 10.4. The normalized spacial score (nSPS) is 24.4. The van der Waals surface area contributed by atoms with Crippen molar-refractivity contribution in [2.45, 2.75) is 25.3 Å². The van der Waals surface area contributed by atoms with Crippen LogP contribution in [-0.4, -0.2) is 40.8 Å². The number of hydrogen-bond donors (Lipinski definition) is 2. The maximum atomic E-state index is 5.57. The van der Waals surface area contributed by atoms with E-state index in [1.807, 2.05) is 0 Å². The van der Waals surface area contributed by atoms with Gasteiger partial charge in [0.25, 0.3) is 0 Å². The summed E-state index contributed by atoms with van der Waals surface area (Å²) in [5, 5.41) is 3.23. The lowest BCUT2D eigenvalue weighted by Crippen LogP contribution is -2.43. The molecule has 1 saturated heterocycles. The van der Waals surface area contributed by atoms with E-state index in [0.29, 0.717) is 12.6 Å². The van der Waals surface area contributed by atoms with Crippen molar-refractivity contribution >= 4 is 11.9 Å². The van der Waals surface area contributed by atoms with Crippen molar-refractivity contribution < 1.29 is 9.47 Å². The number of anilines is 2. The minimum Gasteiger partial charge on any atom is -0.467 e. The van der Waals surface area contributed by atoms with E-state index in [0.717, 1.165) is 19.4 Å². The molecule has 0 amide bonds. The Morgan fingerprint density at radius 2 is 2.24 bits per heavy atom. The summed E-state index contributed by atoms with van der Waals surface area (Å²) in [6.45, 7) is 3.50. The number of hydrogen-bond acceptors (Lipinski definition) is 7. The average molecular weight is 239 g/mol. The van der Waals surface area contributed by atoms with Crippen molar-refractivity contribution in [1.29, 1.82) is 0 Å². The van der Waals surface area contributed by atoms with Crippen LogP contribution in [0.15, 0.2) is 0 Å². The molecule has 0 aliphatic carbocycles. The molecule has 1 fully saturated rings. The molecule has 1 aliphatic heterocycles. The average Bonchev–Trinajstić information content (AvgIpc) is 2.28. The van der Waals surface area contributed by atoms with E-state index >= 15 is 0 Å². The van der Waals surface area contributed by atoms with Gasteiger partial charge in [-0.2, -0.15) is 15.0 Å². The molecular formula is C10H17N5O2. The molecule has 1 aliphatic rings. The monoisotopic (exact) mass is 239 g/mol. The molecule has 0 radical (unpaired) electrons. The van der Waals surface area contributed by atoms with Crippen LogP contribution in [0.3, 0.4) is 0 Å². The Hall–Kier alpha value is -1.63. The van der Waals surface area contributed by atoms with Crippen molar-refractivity contribution in [3.8, 4) is 6.01 Å². The second-order valence-corrected chi connectivity index (χ2v) is 4.35. The molecule has 0 saturated carbocycles. The Morgan fingerprint density at radius 3 is 2.88 bits per heavy atom. The van der Waals surface area contributed by atoms with E-state index < -0.39 is 0 Å². The maximum absolute atomic E-state index is 5.57. The van der Waals surface area contributed by atoms with Crippen LogP contribution in [-0.2, 0) is 4.74 Å². The quantitative estimate of drug-likeness (QED) is 0.790. The zero-order valence-corrected chi connectivity index (χ0v) is 10.1. The summed E-state index contributed by atoms with van der Waals surface area (Å²) in [6.07, 6.45) is 2.02. The molecule has 1 aromatic heterocycles. The van der Waals surface area contributed by atoms with E-state index in [-0.39, 0.29) is 17.5 Å². The number of rotatable bonds is 3. The highest BCUT2D eigenvalue weighted by Gasteiger charge is 2.28. The fraction of sp³-hybridized carbons (Fsp3) is 0.700. The SMILES string of the molecule is COc1nc(N)nc(NC2(C)CCCOC2)n1. The van der Waals surface area contributed by atoms with Crippen LogP contribution in [0.25, 0.3) is 0 Å². The Morgan fingerprint density at radius 1 is 1.41 bits per heavy atom. The van der Waals surface area contributed by atoms with Crippen LogP contribution in [0.5, 0.6) is 6.01 Å². The summed E-state index contributed by atoms with van der Waals surface area (Å²) in [5.41, 5.74) is 5.40. The Balaban J connectivity index is 2.14. The minimum atomic E-state index is -0.170. The molecule has 0 spiro atoms. The summed E-state index contributed by atoms with van der Waals surface area (Å²) in [6, 6.07) is 0.209. The molecule has 1 atom stereocenters. The molecule has 7 nitrogen and oxygen atoms in total. The number of aromatic nitrogens is 3. The van der Waals surface area contributed by atoms with Gasteiger partial charge in [-0.05, 0) is 19.8 Å². The lowest BCUT2D eigenvalue weighted by molar-refractivity contribution is 0.0537. The number of methoxy groups -OCH3 is 1. The maximum Gasteiger partial charge on any atom is 0.322 e. The van der Waals surface area contributed by atoms with Gasteiger partial charge in [0.1, 0.15) is 0 Å². The van der Waals surface area contributed by atoms with E-state index in [1.54, 1.807) is 0 Å². The summed E-state index contributed by atoms with van der Waals surface area (Å²) in [4.78, 5) is 12.0.